The van der Waals surface area contributed by atoms with Crippen LogP contribution in [0.2, 0.25) is 0 Å². The Kier molecular flexibility index (Phi) is 4.48. The number of benzene rings is 1. The average molecular weight is 249 g/mol. The number of nitrogens with one attached hydrogen (secondary N) is 1. The maximum atomic E-state index is 5.43. The van der Waals surface area contributed by atoms with E-state index in [1.165, 1.54) is 24.8 Å². The van der Waals surface area contributed by atoms with Crippen molar-refractivity contribution in [3.63, 3.8) is 0 Å². The Labute approximate surface area is 109 Å². The van der Waals surface area contributed by atoms with Crippen molar-refractivity contribution in [1.29, 1.82) is 0 Å². The topological polar surface area (TPSA) is 30.5 Å². The predicted molar refractivity (Wildman–Crippen MR) is 73.3 cm³/mol. The Balaban J connectivity index is 1.96. The molecule has 3 heteroatoms. The highest BCUT2D eigenvalue weighted by atomic mass is 16.5. The monoisotopic (exact) mass is 249 g/mol. The van der Waals surface area contributed by atoms with Gasteiger partial charge in [-0.3, -0.25) is 0 Å². The van der Waals surface area contributed by atoms with Crippen LogP contribution < -0.4 is 14.8 Å². The van der Waals surface area contributed by atoms with Crippen molar-refractivity contribution in [3.8, 4) is 11.5 Å². The molecule has 0 aliphatic heterocycles. The summed E-state index contributed by atoms with van der Waals surface area (Å²) in [5, 5.41) is 3.56. The summed E-state index contributed by atoms with van der Waals surface area (Å²) in [5.74, 6) is 2.70. The molecule has 0 heterocycles. The summed E-state index contributed by atoms with van der Waals surface area (Å²) < 4.78 is 10.6. The van der Waals surface area contributed by atoms with Crippen molar-refractivity contribution in [1.82, 2.24) is 5.32 Å². The van der Waals surface area contributed by atoms with E-state index in [-0.39, 0.29) is 0 Å². The minimum absolute atomic E-state index is 0.310. The highest BCUT2D eigenvalue weighted by molar-refractivity contribution is 5.42. The van der Waals surface area contributed by atoms with Crippen molar-refractivity contribution in [3.05, 3.63) is 23.8 Å². The maximum absolute atomic E-state index is 5.43. The number of methoxy groups -OCH3 is 2. The van der Waals surface area contributed by atoms with Gasteiger partial charge < -0.3 is 14.8 Å². The third-order valence-electron chi connectivity index (χ3n) is 3.61. The first kappa shape index (κ1) is 13.2. The van der Waals surface area contributed by atoms with E-state index in [1.807, 2.05) is 12.1 Å². The fourth-order valence-electron chi connectivity index (χ4n) is 2.20. The molecule has 3 nitrogen and oxygen atoms in total. The zero-order valence-corrected chi connectivity index (χ0v) is 11.5. The van der Waals surface area contributed by atoms with Crippen LogP contribution in [0.5, 0.6) is 11.5 Å². The molecule has 0 radical (unpaired) electrons. The molecule has 1 aliphatic carbocycles. The molecule has 1 aromatic carbocycles. The predicted octanol–water partition coefficient (Wildman–Crippen LogP) is 3.15. The SMILES string of the molecule is COc1ccc(C(C)NCCC2CC2)c(OC)c1. The van der Waals surface area contributed by atoms with Gasteiger partial charge in [0.2, 0.25) is 0 Å². The second-order valence-corrected chi connectivity index (χ2v) is 5.02. The Hall–Kier alpha value is -1.22. The summed E-state index contributed by atoms with van der Waals surface area (Å²) in [4.78, 5) is 0. The lowest BCUT2D eigenvalue weighted by Crippen LogP contribution is -2.20. The standard InChI is InChI=1S/C15H23NO2/c1-11(16-9-8-12-4-5-12)14-7-6-13(17-2)10-15(14)18-3/h6-7,10-12,16H,4-5,8-9H2,1-3H3. The van der Waals surface area contributed by atoms with Gasteiger partial charge in [0.05, 0.1) is 14.2 Å². The molecule has 0 spiro atoms. The Morgan fingerprint density at radius 2 is 2.06 bits per heavy atom. The summed E-state index contributed by atoms with van der Waals surface area (Å²) in [6.07, 6.45) is 4.13. The normalized spacial score (nSPS) is 16.4. The Bertz CT molecular complexity index is 388. The molecular formula is C15H23NO2. The van der Waals surface area contributed by atoms with Gasteiger partial charge in [-0.2, -0.15) is 0 Å². The highest BCUT2D eigenvalue weighted by Gasteiger charge is 2.21. The fourth-order valence-corrected chi connectivity index (χ4v) is 2.20. The van der Waals surface area contributed by atoms with E-state index in [1.54, 1.807) is 14.2 Å². The van der Waals surface area contributed by atoms with E-state index >= 15 is 0 Å². The van der Waals surface area contributed by atoms with Crippen molar-refractivity contribution in [2.75, 3.05) is 20.8 Å². The lowest BCUT2D eigenvalue weighted by molar-refractivity contribution is 0.385. The van der Waals surface area contributed by atoms with Gasteiger partial charge in [0.25, 0.3) is 0 Å². The molecule has 1 atom stereocenters. The maximum Gasteiger partial charge on any atom is 0.127 e. The first-order chi connectivity index (χ1) is 8.74. The molecule has 0 aromatic heterocycles. The van der Waals surface area contributed by atoms with E-state index in [0.717, 1.165) is 24.0 Å². The van der Waals surface area contributed by atoms with Crippen molar-refractivity contribution >= 4 is 0 Å². The lowest BCUT2D eigenvalue weighted by atomic mass is 10.1. The van der Waals surface area contributed by atoms with Crippen LogP contribution in [0, 0.1) is 5.92 Å². The molecule has 0 bridgehead atoms. The van der Waals surface area contributed by atoms with E-state index in [0.29, 0.717) is 6.04 Å². The Morgan fingerprint density at radius 1 is 1.28 bits per heavy atom. The molecule has 1 unspecified atom stereocenters. The van der Waals surface area contributed by atoms with Gasteiger partial charge >= 0.3 is 0 Å². The van der Waals surface area contributed by atoms with Crippen molar-refractivity contribution in [2.24, 2.45) is 5.92 Å². The molecule has 100 valence electrons. The smallest absolute Gasteiger partial charge is 0.127 e. The van der Waals surface area contributed by atoms with Crippen LogP contribution in [0.4, 0.5) is 0 Å². The average Bonchev–Trinajstić information content (AvgIpc) is 3.21. The summed E-state index contributed by atoms with van der Waals surface area (Å²) in [6, 6.07) is 6.31. The van der Waals surface area contributed by atoms with Crippen LogP contribution in [-0.4, -0.2) is 20.8 Å². The molecule has 1 saturated carbocycles. The quantitative estimate of drug-likeness (QED) is 0.805. The highest BCUT2D eigenvalue weighted by Crippen LogP contribution is 2.33. The number of rotatable bonds is 7. The minimum atomic E-state index is 0.310. The molecule has 18 heavy (non-hydrogen) atoms. The molecule has 0 saturated heterocycles. The molecule has 0 amide bonds. The summed E-state index contributed by atoms with van der Waals surface area (Å²) in [6.45, 7) is 3.26. The van der Waals surface area contributed by atoms with Gasteiger partial charge in [0.15, 0.2) is 0 Å². The molecule has 1 N–H and O–H groups in total. The third-order valence-corrected chi connectivity index (χ3v) is 3.61. The third kappa shape index (κ3) is 3.39. The van der Waals surface area contributed by atoms with Gasteiger partial charge in [0.1, 0.15) is 11.5 Å². The van der Waals surface area contributed by atoms with E-state index < -0.39 is 0 Å². The van der Waals surface area contributed by atoms with Gasteiger partial charge in [-0.25, -0.2) is 0 Å². The fraction of sp³-hybridized carbons (Fsp3) is 0.600. The largest absolute Gasteiger partial charge is 0.497 e. The minimum Gasteiger partial charge on any atom is -0.497 e. The van der Waals surface area contributed by atoms with Crippen LogP contribution in [0.25, 0.3) is 0 Å². The van der Waals surface area contributed by atoms with Gasteiger partial charge in [0, 0.05) is 17.7 Å². The summed E-state index contributed by atoms with van der Waals surface area (Å²) in [7, 11) is 3.38. The van der Waals surface area contributed by atoms with Gasteiger partial charge in [-0.15, -0.1) is 0 Å². The molecular weight excluding hydrogens is 226 g/mol. The van der Waals surface area contributed by atoms with Crippen LogP contribution in [0.1, 0.15) is 37.8 Å². The lowest BCUT2D eigenvalue weighted by Gasteiger charge is -2.18. The number of ether oxygens (including phenoxy) is 2. The molecule has 1 fully saturated rings. The van der Waals surface area contributed by atoms with Crippen LogP contribution in [0.3, 0.4) is 0 Å². The van der Waals surface area contributed by atoms with Crippen molar-refractivity contribution < 1.29 is 9.47 Å². The van der Waals surface area contributed by atoms with Crippen LogP contribution in [-0.2, 0) is 0 Å². The van der Waals surface area contributed by atoms with E-state index in [4.69, 9.17) is 9.47 Å². The first-order valence-electron chi connectivity index (χ1n) is 6.70. The van der Waals surface area contributed by atoms with Crippen LogP contribution >= 0.6 is 0 Å². The molecule has 2 rings (SSSR count). The Morgan fingerprint density at radius 3 is 2.67 bits per heavy atom. The number of hydrogen-bond donors (Lipinski definition) is 1. The second kappa shape index (κ2) is 6.10. The van der Waals surface area contributed by atoms with E-state index in [2.05, 4.69) is 18.3 Å². The summed E-state index contributed by atoms with van der Waals surface area (Å²) in [5.41, 5.74) is 1.19. The van der Waals surface area contributed by atoms with Crippen molar-refractivity contribution in [2.45, 2.75) is 32.2 Å². The number of hydrogen-bond acceptors (Lipinski definition) is 3. The molecule has 1 aliphatic rings. The zero-order valence-electron chi connectivity index (χ0n) is 11.5. The van der Waals surface area contributed by atoms with Crippen LogP contribution in [0.15, 0.2) is 18.2 Å². The first-order valence-corrected chi connectivity index (χ1v) is 6.70. The zero-order chi connectivity index (χ0) is 13.0. The van der Waals surface area contributed by atoms with E-state index in [9.17, 15) is 0 Å². The molecule has 1 aromatic rings. The van der Waals surface area contributed by atoms with Gasteiger partial charge in [-0.05, 0) is 31.9 Å². The summed E-state index contributed by atoms with van der Waals surface area (Å²) >= 11 is 0. The second-order valence-electron chi connectivity index (χ2n) is 5.02. The van der Waals surface area contributed by atoms with Gasteiger partial charge in [-0.1, -0.05) is 18.9 Å².